The zero-order chi connectivity index (χ0) is 13.2. The molecule has 0 aliphatic carbocycles. The van der Waals surface area contributed by atoms with E-state index in [0.717, 1.165) is 18.5 Å². The monoisotopic (exact) mass is 330 g/mol. The fraction of sp³-hybridized carbons (Fsp3) is 0.500. The van der Waals surface area contributed by atoms with E-state index in [2.05, 4.69) is 12.1 Å². The summed E-state index contributed by atoms with van der Waals surface area (Å²) >= 11 is 3.97. The van der Waals surface area contributed by atoms with Gasteiger partial charge in [0.2, 0.25) is 0 Å². The molecule has 2 aliphatic heterocycles. The van der Waals surface area contributed by atoms with Crippen LogP contribution in [0, 0.1) is 0 Å². The molecule has 1 aromatic rings. The number of nitrogens with zero attached hydrogens (tertiary/aromatic N) is 1. The van der Waals surface area contributed by atoms with Crippen molar-refractivity contribution < 1.29 is 4.79 Å². The Morgan fingerprint density at radius 1 is 1.20 bits per heavy atom. The number of rotatable bonds is 2. The molecule has 3 nitrogen and oxygen atoms in total. The number of carbonyl (C=O) groups is 1. The standard InChI is InChI=1S/C14H18N2OS2.ClH/c15-12-5-6-16(9-12)13(17)10-1-3-11(4-2-10)14-18-7-8-19-14;/h1-4,12,14H,5-9,15H2;1H/t12-;/m1./s1. The predicted molar refractivity (Wildman–Crippen MR) is 89.8 cm³/mol. The Kier molecular flexibility index (Phi) is 5.66. The Balaban J connectivity index is 0.00000147. The molecule has 0 spiro atoms. The Bertz CT molecular complexity index is 463. The molecule has 0 bridgehead atoms. The van der Waals surface area contributed by atoms with Crippen LogP contribution in [0.25, 0.3) is 0 Å². The predicted octanol–water partition coefficient (Wildman–Crippen LogP) is 2.76. The normalized spacial score (nSPS) is 22.9. The van der Waals surface area contributed by atoms with Crippen LogP contribution in [0.2, 0.25) is 0 Å². The van der Waals surface area contributed by atoms with Crippen LogP contribution in [0.5, 0.6) is 0 Å². The first-order valence-electron chi connectivity index (χ1n) is 6.62. The molecule has 2 N–H and O–H groups in total. The van der Waals surface area contributed by atoms with Gasteiger partial charge in [0.05, 0.1) is 4.58 Å². The Morgan fingerprint density at radius 2 is 1.85 bits per heavy atom. The highest BCUT2D eigenvalue weighted by Crippen LogP contribution is 2.45. The fourth-order valence-corrected chi connectivity index (χ4v) is 5.35. The lowest BCUT2D eigenvalue weighted by Crippen LogP contribution is -2.31. The SMILES string of the molecule is Cl.N[C@@H]1CCN(C(=O)c2ccc(C3SCCS3)cc2)C1. The molecule has 2 fully saturated rings. The summed E-state index contributed by atoms with van der Waals surface area (Å²) in [7, 11) is 0. The number of hydrogen-bond donors (Lipinski definition) is 1. The topological polar surface area (TPSA) is 46.3 Å². The van der Waals surface area contributed by atoms with E-state index in [9.17, 15) is 4.79 Å². The second kappa shape index (κ2) is 7.07. The van der Waals surface area contributed by atoms with E-state index in [1.807, 2.05) is 40.6 Å². The maximum absolute atomic E-state index is 12.3. The van der Waals surface area contributed by atoms with Crippen molar-refractivity contribution in [2.75, 3.05) is 24.6 Å². The molecule has 20 heavy (non-hydrogen) atoms. The third kappa shape index (κ3) is 3.45. The highest BCUT2D eigenvalue weighted by atomic mass is 35.5. The van der Waals surface area contributed by atoms with Gasteiger partial charge in [0.15, 0.2) is 0 Å². The Morgan fingerprint density at radius 3 is 2.40 bits per heavy atom. The lowest BCUT2D eigenvalue weighted by atomic mass is 10.1. The van der Waals surface area contributed by atoms with Crippen LogP contribution in [-0.4, -0.2) is 41.4 Å². The highest BCUT2D eigenvalue weighted by Gasteiger charge is 2.25. The smallest absolute Gasteiger partial charge is 0.253 e. The molecule has 1 atom stereocenters. The highest BCUT2D eigenvalue weighted by molar-refractivity contribution is 8.19. The number of amides is 1. The summed E-state index contributed by atoms with van der Waals surface area (Å²) in [5.41, 5.74) is 7.95. The zero-order valence-electron chi connectivity index (χ0n) is 11.2. The minimum atomic E-state index is 0. The van der Waals surface area contributed by atoms with E-state index in [-0.39, 0.29) is 24.4 Å². The first-order valence-corrected chi connectivity index (χ1v) is 8.72. The minimum absolute atomic E-state index is 0. The average Bonchev–Trinajstić information content (AvgIpc) is 3.09. The van der Waals surface area contributed by atoms with Gasteiger partial charge in [-0.25, -0.2) is 0 Å². The summed E-state index contributed by atoms with van der Waals surface area (Å²) < 4.78 is 0.546. The van der Waals surface area contributed by atoms with Gasteiger partial charge in [-0.1, -0.05) is 12.1 Å². The summed E-state index contributed by atoms with van der Waals surface area (Å²) in [6, 6.07) is 8.26. The summed E-state index contributed by atoms with van der Waals surface area (Å²) in [5.74, 6) is 2.56. The van der Waals surface area contributed by atoms with Crippen molar-refractivity contribution in [3.8, 4) is 0 Å². The van der Waals surface area contributed by atoms with Gasteiger partial charge in [-0.2, -0.15) is 0 Å². The van der Waals surface area contributed by atoms with E-state index < -0.39 is 0 Å². The Hall–Kier alpha value is -0.360. The van der Waals surface area contributed by atoms with Crippen molar-refractivity contribution in [2.45, 2.75) is 17.0 Å². The lowest BCUT2D eigenvalue weighted by molar-refractivity contribution is 0.0791. The van der Waals surface area contributed by atoms with E-state index in [0.29, 0.717) is 11.1 Å². The number of halogens is 1. The summed E-state index contributed by atoms with van der Waals surface area (Å²) in [4.78, 5) is 14.1. The molecule has 3 rings (SSSR count). The second-order valence-corrected chi connectivity index (χ2v) is 7.72. The maximum Gasteiger partial charge on any atom is 0.253 e. The first kappa shape index (κ1) is 16.0. The Labute approximate surface area is 134 Å². The van der Waals surface area contributed by atoms with Gasteiger partial charge in [-0.05, 0) is 24.1 Å². The van der Waals surface area contributed by atoms with Crippen LogP contribution in [0.4, 0.5) is 0 Å². The average molecular weight is 331 g/mol. The zero-order valence-corrected chi connectivity index (χ0v) is 13.6. The van der Waals surface area contributed by atoms with E-state index in [1.165, 1.54) is 17.1 Å². The van der Waals surface area contributed by atoms with E-state index in [4.69, 9.17) is 5.73 Å². The van der Waals surface area contributed by atoms with Crippen molar-refractivity contribution in [2.24, 2.45) is 5.73 Å². The summed E-state index contributed by atoms with van der Waals surface area (Å²) in [6.07, 6.45) is 0.916. The summed E-state index contributed by atoms with van der Waals surface area (Å²) in [5, 5.41) is 0. The molecule has 2 saturated heterocycles. The molecule has 1 aromatic carbocycles. The second-order valence-electron chi connectivity index (χ2n) is 5.00. The molecule has 0 radical (unpaired) electrons. The number of nitrogens with two attached hydrogens (primary N) is 1. The van der Waals surface area contributed by atoms with Gasteiger partial charge in [-0.15, -0.1) is 35.9 Å². The van der Waals surface area contributed by atoms with Crippen molar-refractivity contribution in [1.82, 2.24) is 4.90 Å². The van der Waals surface area contributed by atoms with Gasteiger partial charge >= 0.3 is 0 Å². The molecule has 2 heterocycles. The molecule has 0 saturated carbocycles. The molecule has 6 heteroatoms. The van der Waals surface area contributed by atoms with Crippen molar-refractivity contribution in [3.05, 3.63) is 35.4 Å². The quantitative estimate of drug-likeness (QED) is 0.905. The van der Waals surface area contributed by atoms with Gasteiger partial charge < -0.3 is 10.6 Å². The van der Waals surface area contributed by atoms with Crippen LogP contribution in [0.3, 0.4) is 0 Å². The van der Waals surface area contributed by atoms with Gasteiger partial charge in [0, 0.05) is 36.2 Å². The van der Waals surface area contributed by atoms with Crippen LogP contribution in [0.15, 0.2) is 24.3 Å². The molecule has 0 unspecified atom stereocenters. The van der Waals surface area contributed by atoms with Crippen molar-refractivity contribution in [1.29, 1.82) is 0 Å². The molecule has 1 amide bonds. The number of benzene rings is 1. The molecule has 0 aromatic heterocycles. The van der Waals surface area contributed by atoms with Gasteiger partial charge in [0.1, 0.15) is 0 Å². The molecular weight excluding hydrogens is 312 g/mol. The number of likely N-dealkylation sites (tertiary alicyclic amines) is 1. The summed E-state index contributed by atoms with van der Waals surface area (Å²) in [6.45, 7) is 1.48. The van der Waals surface area contributed by atoms with Crippen LogP contribution >= 0.6 is 35.9 Å². The van der Waals surface area contributed by atoms with Crippen molar-refractivity contribution in [3.63, 3.8) is 0 Å². The number of hydrogen-bond acceptors (Lipinski definition) is 4. The largest absolute Gasteiger partial charge is 0.337 e. The van der Waals surface area contributed by atoms with Gasteiger partial charge in [-0.3, -0.25) is 4.79 Å². The molecule has 110 valence electrons. The van der Waals surface area contributed by atoms with Crippen LogP contribution in [0.1, 0.15) is 26.9 Å². The number of carbonyl (C=O) groups excluding carboxylic acids is 1. The third-order valence-corrected chi connectivity index (χ3v) is 6.67. The first-order chi connectivity index (χ1) is 9.24. The van der Waals surface area contributed by atoms with Crippen molar-refractivity contribution >= 4 is 41.8 Å². The lowest BCUT2D eigenvalue weighted by Gasteiger charge is -2.16. The molecular formula is C14H19ClN2OS2. The van der Waals surface area contributed by atoms with Gasteiger partial charge in [0.25, 0.3) is 5.91 Å². The minimum Gasteiger partial charge on any atom is -0.337 e. The molecule has 2 aliphatic rings. The fourth-order valence-electron chi connectivity index (χ4n) is 2.49. The third-order valence-electron chi connectivity index (χ3n) is 3.56. The van der Waals surface area contributed by atoms with E-state index in [1.54, 1.807) is 0 Å². The van der Waals surface area contributed by atoms with E-state index >= 15 is 0 Å². The van der Waals surface area contributed by atoms with Crippen LogP contribution in [-0.2, 0) is 0 Å². The van der Waals surface area contributed by atoms with Crippen LogP contribution < -0.4 is 5.73 Å². The number of thioether (sulfide) groups is 2. The maximum atomic E-state index is 12.3.